The van der Waals surface area contributed by atoms with Gasteiger partial charge in [-0.25, -0.2) is 9.97 Å². The minimum atomic E-state index is -0.375. The van der Waals surface area contributed by atoms with Crippen LogP contribution < -0.4 is 10.2 Å². The number of nitrogens with one attached hydrogen (secondary N) is 1. The molecule has 104 valence electrons. The van der Waals surface area contributed by atoms with Gasteiger partial charge in [0, 0.05) is 26.5 Å². The Bertz CT molecular complexity index is 647. The first-order chi connectivity index (χ1) is 9.47. The second-order valence-corrected chi connectivity index (χ2v) is 4.85. The van der Waals surface area contributed by atoms with E-state index in [0.29, 0.717) is 17.3 Å². The molecule has 20 heavy (non-hydrogen) atoms. The average Bonchev–Trinajstić information content (AvgIpc) is 2.42. The van der Waals surface area contributed by atoms with E-state index in [-0.39, 0.29) is 16.1 Å². The Hall–Kier alpha value is -1.92. The van der Waals surface area contributed by atoms with Gasteiger partial charge in [-0.15, -0.1) is 0 Å². The third-order valence-corrected chi connectivity index (χ3v) is 3.03. The fourth-order valence-corrected chi connectivity index (χ4v) is 1.64. The monoisotopic (exact) mass is 311 g/mol. The number of carbonyl (C=O) groups is 1. The topological polar surface area (TPSA) is 71.0 Å². The summed E-state index contributed by atoms with van der Waals surface area (Å²) in [5, 5.41) is 3.01. The van der Waals surface area contributed by atoms with Gasteiger partial charge in [-0.05, 0) is 12.1 Å². The van der Waals surface area contributed by atoms with Crippen molar-refractivity contribution in [2.75, 3.05) is 24.3 Å². The van der Waals surface area contributed by atoms with Gasteiger partial charge in [0.25, 0.3) is 5.91 Å². The molecule has 0 saturated carbocycles. The van der Waals surface area contributed by atoms with Gasteiger partial charge in [-0.2, -0.15) is 4.98 Å². The second-order valence-electron chi connectivity index (χ2n) is 4.09. The average molecular weight is 312 g/mol. The summed E-state index contributed by atoms with van der Waals surface area (Å²) in [4.78, 5) is 25.8. The summed E-state index contributed by atoms with van der Waals surface area (Å²) < 4.78 is 0. The summed E-state index contributed by atoms with van der Waals surface area (Å²) in [7, 11) is 3.62. The van der Waals surface area contributed by atoms with Crippen molar-refractivity contribution in [2.24, 2.45) is 0 Å². The standard InChI is InChI=1S/C12H11Cl2N5O/c1-19(2)12-15-4-3-9(18-12)17-11(20)7-5-8(13)10(14)16-6-7/h3-6H,1-2H3,(H,15,17,18,20). The number of halogens is 2. The zero-order valence-corrected chi connectivity index (χ0v) is 12.3. The molecular weight excluding hydrogens is 301 g/mol. The molecule has 0 saturated heterocycles. The van der Waals surface area contributed by atoms with Crippen molar-refractivity contribution in [3.63, 3.8) is 0 Å². The van der Waals surface area contributed by atoms with E-state index in [2.05, 4.69) is 20.3 Å². The number of rotatable bonds is 3. The molecule has 8 heteroatoms. The Morgan fingerprint density at radius 1 is 1.30 bits per heavy atom. The van der Waals surface area contributed by atoms with Gasteiger partial charge in [-0.1, -0.05) is 23.2 Å². The summed E-state index contributed by atoms with van der Waals surface area (Å²) in [5.41, 5.74) is 0.296. The van der Waals surface area contributed by atoms with Gasteiger partial charge in [0.15, 0.2) is 0 Å². The first-order valence-electron chi connectivity index (χ1n) is 5.60. The van der Waals surface area contributed by atoms with E-state index in [1.165, 1.54) is 12.3 Å². The lowest BCUT2D eigenvalue weighted by molar-refractivity contribution is 0.102. The Labute approximate surface area is 125 Å². The van der Waals surface area contributed by atoms with Crippen LogP contribution in [0.1, 0.15) is 10.4 Å². The number of anilines is 2. The molecule has 0 aliphatic heterocycles. The number of nitrogens with zero attached hydrogens (tertiary/aromatic N) is 4. The smallest absolute Gasteiger partial charge is 0.258 e. The molecule has 0 spiro atoms. The molecule has 0 fully saturated rings. The number of pyridine rings is 1. The molecule has 0 radical (unpaired) electrons. The quantitative estimate of drug-likeness (QED) is 0.882. The summed E-state index contributed by atoms with van der Waals surface area (Å²) >= 11 is 11.5. The fourth-order valence-electron chi connectivity index (χ4n) is 1.37. The van der Waals surface area contributed by atoms with E-state index >= 15 is 0 Å². The molecule has 0 unspecified atom stereocenters. The lowest BCUT2D eigenvalue weighted by atomic mass is 10.2. The van der Waals surface area contributed by atoms with Crippen LogP contribution in [0.25, 0.3) is 0 Å². The molecule has 2 rings (SSSR count). The largest absolute Gasteiger partial charge is 0.347 e. The number of hydrogen-bond acceptors (Lipinski definition) is 5. The number of amides is 1. The molecule has 0 aliphatic carbocycles. The van der Waals surface area contributed by atoms with Gasteiger partial charge in [0.05, 0.1) is 10.6 Å². The molecule has 0 atom stereocenters. The first-order valence-corrected chi connectivity index (χ1v) is 6.35. The van der Waals surface area contributed by atoms with E-state index in [0.717, 1.165) is 0 Å². The highest BCUT2D eigenvalue weighted by Gasteiger charge is 2.11. The molecule has 0 bridgehead atoms. The number of hydrogen-bond donors (Lipinski definition) is 1. The minimum absolute atomic E-state index is 0.153. The predicted molar refractivity (Wildman–Crippen MR) is 78.6 cm³/mol. The van der Waals surface area contributed by atoms with E-state index in [4.69, 9.17) is 23.2 Å². The molecule has 1 amide bonds. The van der Waals surface area contributed by atoms with Crippen molar-refractivity contribution in [1.82, 2.24) is 15.0 Å². The van der Waals surface area contributed by atoms with Gasteiger partial charge in [0.2, 0.25) is 5.95 Å². The SMILES string of the molecule is CN(C)c1nccc(NC(=O)c2cnc(Cl)c(Cl)c2)n1. The molecule has 0 aliphatic rings. The van der Waals surface area contributed by atoms with Crippen LogP contribution in [-0.4, -0.2) is 35.0 Å². The number of aromatic nitrogens is 3. The van der Waals surface area contributed by atoms with Crippen LogP contribution in [0.4, 0.5) is 11.8 Å². The first kappa shape index (κ1) is 14.5. The van der Waals surface area contributed by atoms with Crippen molar-refractivity contribution in [2.45, 2.75) is 0 Å². The van der Waals surface area contributed by atoms with Crippen LogP contribution in [0.5, 0.6) is 0 Å². The van der Waals surface area contributed by atoms with E-state index in [1.807, 2.05) is 14.1 Å². The molecule has 1 N–H and O–H groups in total. The summed E-state index contributed by atoms with van der Waals surface area (Å²) in [6.07, 6.45) is 2.91. The zero-order chi connectivity index (χ0) is 14.7. The lowest BCUT2D eigenvalue weighted by Gasteiger charge is -2.11. The van der Waals surface area contributed by atoms with Crippen molar-refractivity contribution < 1.29 is 4.79 Å². The molecule has 0 aromatic carbocycles. The second kappa shape index (κ2) is 6.02. The van der Waals surface area contributed by atoms with Crippen LogP contribution >= 0.6 is 23.2 Å². The highest BCUT2D eigenvalue weighted by Crippen LogP contribution is 2.20. The zero-order valence-electron chi connectivity index (χ0n) is 10.8. The normalized spacial score (nSPS) is 10.2. The maximum absolute atomic E-state index is 12.0. The van der Waals surface area contributed by atoms with Crippen molar-refractivity contribution >= 4 is 40.9 Å². The lowest BCUT2D eigenvalue weighted by Crippen LogP contribution is -2.16. The molecule has 2 aromatic heterocycles. The molecule has 2 aromatic rings. The van der Waals surface area contributed by atoms with Crippen LogP contribution in [0, 0.1) is 0 Å². The maximum atomic E-state index is 12.0. The summed E-state index contributed by atoms with van der Waals surface area (Å²) in [6.45, 7) is 0. The fraction of sp³-hybridized carbons (Fsp3) is 0.167. The predicted octanol–water partition coefficient (Wildman–Crippen LogP) is 2.50. The van der Waals surface area contributed by atoms with Crippen molar-refractivity contribution in [3.8, 4) is 0 Å². The Morgan fingerprint density at radius 3 is 2.70 bits per heavy atom. The number of carbonyl (C=O) groups excluding carboxylic acids is 1. The highest BCUT2D eigenvalue weighted by atomic mass is 35.5. The van der Waals surface area contributed by atoms with E-state index in [9.17, 15) is 4.79 Å². The van der Waals surface area contributed by atoms with Crippen LogP contribution in [0.15, 0.2) is 24.5 Å². The van der Waals surface area contributed by atoms with Crippen molar-refractivity contribution in [1.29, 1.82) is 0 Å². The molecule has 6 nitrogen and oxygen atoms in total. The Morgan fingerprint density at radius 2 is 2.05 bits per heavy atom. The molecular formula is C12H11Cl2N5O. The third kappa shape index (κ3) is 3.34. The van der Waals surface area contributed by atoms with E-state index in [1.54, 1.807) is 17.2 Å². The Balaban J connectivity index is 2.19. The summed E-state index contributed by atoms with van der Waals surface area (Å²) in [6, 6.07) is 3.04. The van der Waals surface area contributed by atoms with Crippen molar-refractivity contribution in [3.05, 3.63) is 40.3 Å². The van der Waals surface area contributed by atoms with Crippen LogP contribution in [-0.2, 0) is 0 Å². The minimum Gasteiger partial charge on any atom is -0.347 e. The highest BCUT2D eigenvalue weighted by molar-refractivity contribution is 6.41. The molecule has 2 heterocycles. The van der Waals surface area contributed by atoms with Crippen LogP contribution in [0.3, 0.4) is 0 Å². The summed E-state index contributed by atoms with van der Waals surface area (Å²) in [5.74, 6) is 0.509. The third-order valence-electron chi connectivity index (χ3n) is 2.34. The van der Waals surface area contributed by atoms with Gasteiger partial charge in [-0.3, -0.25) is 4.79 Å². The maximum Gasteiger partial charge on any atom is 0.258 e. The van der Waals surface area contributed by atoms with Gasteiger partial charge < -0.3 is 10.2 Å². The van der Waals surface area contributed by atoms with Gasteiger partial charge >= 0.3 is 0 Å². The van der Waals surface area contributed by atoms with Gasteiger partial charge in [0.1, 0.15) is 11.0 Å². The van der Waals surface area contributed by atoms with Crippen LogP contribution in [0.2, 0.25) is 10.2 Å². The van der Waals surface area contributed by atoms with E-state index < -0.39 is 0 Å². The Kier molecular flexibility index (Phi) is 4.36.